The number of halogens is 2. The number of anilines is 1. The first-order valence-electron chi connectivity index (χ1n) is 6.59. The molecule has 0 unspecified atom stereocenters. The van der Waals surface area contributed by atoms with E-state index in [9.17, 15) is 22.6 Å². The maximum atomic E-state index is 13.3. The smallest absolute Gasteiger partial charge is 0.237 e. The highest BCUT2D eigenvalue weighted by atomic mass is 32.2. The van der Waals surface area contributed by atoms with Crippen LogP contribution in [0.1, 0.15) is 12.8 Å². The first-order chi connectivity index (χ1) is 10.3. The van der Waals surface area contributed by atoms with Crippen molar-refractivity contribution in [2.24, 2.45) is 0 Å². The largest absolute Gasteiger partial charge is 0.349 e. The number of rotatable bonds is 7. The molecule has 0 saturated heterocycles. The monoisotopic (exact) mass is 332 g/mol. The molecule has 0 aliphatic rings. The molecule has 0 aliphatic carbocycles. The quantitative estimate of drug-likeness (QED) is 0.823. The predicted molar refractivity (Wildman–Crippen MR) is 80.8 cm³/mol. The van der Waals surface area contributed by atoms with Crippen LogP contribution < -0.4 is 5.32 Å². The van der Waals surface area contributed by atoms with Crippen molar-refractivity contribution in [2.45, 2.75) is 12.8 Å². The van der Waals surface area contributed by atoms with Crippen LogP contribution in [0.15, 0.2) is 18.2 Å². The van der Waals surface area contributed by atoms with Crippen molar-refractivity contribution in [2.75, 3.05) is 30.9 Å². The van der Waals surface area contributed by atoms with E-state index < -0.39 is 28.3 Å². The molecule has 1 N–H and O–H groups in total. The molecule has 1 rings (SSSR count). The molecule has 0 bridgehead atoms. The van der Waals surface area contributed by atoms with Crippen LogP contribution in [-0.4, -0.2) is 46.5 Å². The van der Waals surface area contributed by atoms with Crippen LogP contribution in [0, 0.1) is 11.6 Å². The Morgan fingerprint density at radius 1 is 1.27 bits per heavy atom. The van der Waals surface area contributed by atoms with Gasteiger partial charge in [-0.2, -0.15) is 0 Å². The fourth-order valence-corrected chi connectivity index (χ4v) is 2.58. The fraction of sp³-hybridized carbons (Fsp3) is 0.429. The molecule has 122 valence electrons. The molecule has 22 heavy (non-hydrogen) atoms. The Morgan fingerprint density at radius 3 is 2.55 bits per heavy atom. The van der Waals surface area contributed by atoms with Gasteiger partial charge in [0.05, 0.1) is 5.69 Å². The zero-order chi connectivity index (χ0) is 16.7. The van der Waals surface area contributed by atoms with E-state index in [0.29, 0.717) is 12.5 Å². The van der Waals surface area contributed by atoms with Gasteiger partial charge in [-0.25, -0.2) is 8.78 Å². The van der Waals surface area contributed by atoms with Gasteiger partial charge in [0.15, 0.2) is 0 Å². The minimum Gasteiger partial charge on any atom is -0.349 e. The number of hydrogen-bond donors (Lipinski definition) is 1. The summed E-state index contributed by atoms with van der Waals surface area (Å²) >= 11 is 0. The summed E-state index contributed by atoms with van der Waals surface area (Å²) < 4.78 is 37.8. The third-order valence-corrected chi connectivity index (χ3v) is 4.09. The molecule has 1 atom stereocenters. The summed E-state index contributed by atoms with van der Waals surface area (Å²) in [5.74, 6) is -2.43. The Bertz CT molecular complexity index is 579. The zero-order valence-electron chi connectivity index (χ0n) is 12.4. The highest BCUT2D eigenvalue weighted by Gasteiger charge is 2.12. The minimum atomic E-state index is -1.44. The summed E-state index contributed by atoms with van der Waals surface area (Å²) in [4.78, 5) is 24.4. The third kappa shape index (κ3) is 6.30. The molecule has 0 saturated carbocycles. The van der Waals surface area contributed by atoms with Crippen LogP contribution in [0.3, 0.4) is 0 Å². The van der Waals surface area contributed by atoms with Crippen molar-refractivity contribution in [3.63, 3.8) is 0 Å². The number of benzene rings is 1. The maximum absolute atomic E-state index is 13.3. The number of carbonyl (C=O) groups excluding carboxylic acids is 2. The van der Waals surface area contributed by atoms with Gasteiger partial charge in [-0.05, 0) is 18.6 Å². The van der Waals surface area contributed by atoms with Crippen LogP contribution in [0.25, 0.3) is 0 Å². The Balaban J connectivity index is 2.38. The van der Waals surface area contributed by atoms with Crippen molar-refractivity contribution in [3.05, 3.63) is 29.8 Å². The van der Waals surface area contributed by atoms with Crippen LogP contribution in [0.5, 0.6) is 0 Å². The summed E-state index contributed by atoms with van der Waals surface area (Å²) in [6.07, 6.45) is 0.661. The first-order valence-corrected chi connectivity index (χ1v) is 8.08. The van der Waals surface area contributed by atoms with Crippen molar-refractivity contribution in [3.8, 4) is 0 Å². The summed E-state index contributed by atoms with van der Waals surface area (Å²) in [7, 11) is 1.81. The summed E-state index contributed by atoms with van der Waals surface area (Å²) in [6.45, 7) is 0. The van der Waals surface area contributed by atoms with Gasteiger partial charge in [0.2, 0.25) is 11.8 Å². The zero-order valence-corrected chi connectivity index (χ0v) is 13.2. The van der Waals surface area contributed by atoms with Crippen molar-refractivity contribution in [1.29, 1.82) is 0 Å². The van der Waals surface area contributed by atoms with E-state index in [-0.39, 0.29) is 29.5 Å². The highest BCUT2D eigenvalue weighted by molar-refractivity contribution is 7.85. The Kier molecular flexibility index (Phi) is 7.10. The number of nitrogens with zero attached hydrogens (tertiary/aromatic N) is 1. The van der Waals surface area contributed by atoms with Gasteiger partial charge < -0.3 is 10.2 Å². The van der Waals surface area contributed by atoms with Crippen molar-refractivity contribution < 1.29 is 22.6 Å². The van der Waals surface area contributed by atoms with Gasteiger partial charge in [0.25, 0.3) is 0 Å². The molecule has 1 aromatic carbocycles. The van der Waals surface area contributed by atoms with E-state index in [1.807, 2.05) is 0 Å². The average Bonchev–Trinajstić information content (AvgIpc) is 2.41. The Hall–Kier alpha value is -1.83. The molecule has 2 amide bonds. The summed E-state index contributed by atoms with van der Waals surface area (Å²) in [5, 5.41) is 2.24. The molecule has 0 aliphatic heterocycles. The Labute approximate surface area is 130 Å². The number of carbonyl (C=O) groups is 2. The van der Waals surface area contributed by atoms with Crippen molar-refractivity contribution in [1.82, 2.24) is 4.90 Å². The Morgan fingerprint density at radius 2 is 1.95 bits per heavy atom. The lowest BCUT2D eigenvalue weighted by atomic mass is 10.3. The van der Waals surface area contributed by atoms with Crippen molar-refractivity contribution >= 4 is 28.3 Å². The maximum Gasteiger partial charge on any atom is 0.237 e. The lowest BCUT2D eigenvalue weighted by Gasteiger charge is -2.09. The lowest BCUT2D eigenvalue weighted by Crippen LogP contribution is -2.23. The molecule has 5 nitrogen and oxygen atoms in total. The molecular weight excluding hydrogens is 314 g/mol. The SMILES string of the molecule is CN(C)C(=O)CCC[S@](=O)CC(=O)Nc1ccc(F)cc1F. The molecule has 0 radical (unpaired) electrons. The van der Waals surface area contributed by atoms with E-state index in [2.05, 4.69) is 5.32 Å². The molecule has 0 heterocycles. The molecular formula is C14H18F2N2O3S. The van der Waals surface area contributed by atoms with Crippen LogP contribution in [0.4, 0.5) is 14.5 Å². The van der Waals surface area contributed by atoms with Gasteiger partial charge in [-0.3, -0.25) is 13.8 Å². The van der Waals surface area contributed by atoms with Gasteiger partial charge in [0, 0.05) is 43.1 Å². The molecule has 0 aromatic heterocycles. The van der Waals surface area contributed by atoms with E-state index in [1.54, 1.807) is 14.1 Å². The number of amides is 2. The lowest BCUT2D eigenvalue weighted by molar-refractivity contribution is -0.128. The average molecular weight is 332 g/mol. The molecule has 1 aromatic rings. The highest BCUT2D eigenvalue weighted by Crippen LogP contribution is 2.14. The number of hydrogen-bond acceptors (Lipinski definition) is 3. The first kappa shape index (κ1) is 18.2. The predicted octanol–water partition coefficient (Wildman–Crippen LogP) is 1.52. The van der Waals surface area contributed by atoms with Gasteiger partial charge >= 0.3 is 0 Å². The van der Waals surface area contributed by atoms with E-state index in [1.165, 1.54) is 4.90 Å². The molecule has 0 fully saturated rings. The van der Waals surface area contributed by atoms with E-state index in [4.69, 9.17) is 0 Å². The van der Waals surface area contributed by atoms with Crippen LogP contribution >= 0.6 is 0 Å². The molecule has 0 spiro atoms. The van der Waals surface area contributed by atoms with Crippen LogP contribution in [0.2, 0.25) is 0 Å². The number of nitrogens with one attached hydrogen (secondary N) is 1. The second kappa shape index (κ2) is 8.57. The standard InChI is InChI=1S/C14H18F2N2O3S/c1-18(2)14(20)4-3-7-22(21)9-13(19)17-12-6-5-10(15)8-11(12)16/h5-6,8H,3-4,7,9H2,1-2H3,(H,17,19)/t22-/m0/s1. The second-order valence-electron chi connectivity index (χ2n) is 4.85. The third-order valence-electron chi connectivity index (χ3n) is 2.76. The van der Waals surface area contributed by atoms with Gasteiger partial charge in [-0.1, -0.05) is 0 Å². The fourth-order valence-electron chi connectivity index (χ4n) is 1.60. The van der Waals surface area contributed by atoms with E-state index >= 15 is 0 Å². The topological polar surface area (TPSA) is 66.5 Å². The normalized spacial score (nSPS) is 11.8. The van der Waals surface area contributed by atoms with Crippen LogP contribution in [-0.2, 0) is 20.4 Å². The van der Waals surface area contributed by atoms with Gasteiger partial charge in [0.1, 0.15) is 17.4 Å². The second-order valence-corrected chi connectivity index (χ2v) is 6.43. The van der Waals surface area contributed by atoms with E-state index in [0.717, 1.165) is 12.1 Å². The minimum absolute atomic E-state index is 0.0742. The molecule has 8 heteroatoms. The summed E-state index contributed by atoms with van der Waals surface area (Å²) in [6, 6.07) is 2.77. The van der Waals surface area contributed by atoms with Gasteiger partial charge in [-0.15, -0.1) is 0 Å². The summed E-state index contributed by atoms with van der Waals surface area (Å²) in [5.41, 5.74) is -0.161.